The number of nitrogens with zero attached hydrogens (tertiary/aromatic N) is 1. The van der Waals surface area contributed by atoms with E-state index in [1.807, 2.05) is 0 Å². The molecule has 1 aromatic rings. The van der Waals surface area contributed by atoms with Crippen LogP contribution in [0.4, 0.5) is 5.69 Å². The van der Waals surface area contributed by atoms with Gasteiger partial charge in [-0.15, -0.1) is 0 Å². The number of carbonyl (C=O) groups excluding carboxylic acids is 1. The highest BCUT2D eigenvalue weighted by Gasteiger charge is 2.35. The minimum Gasteiger partial charge on any atom is -0.481 e. The summed E-state index contributed by atoms with van der Waals surface area (Å²) in [5.41, 5.74) is -0.166. The number of carboxylic acids is 1. The van der Waals surface area contributed by atoms with Crippen molar-refractivity contribution in [2.45, 2.75) is 6.04 Å². The normalized spacial score (nSPS) is 21.0. The Balaban J connectivity index is 2.19. The van der Waals surface area contributed by atoms with Crippen LogP contribution < -0.4 is 5.32 Å². The van der Waals surface area contributed by atoms with Crippen LogP contribution in [-0.4, -0.2) is 41.2 Å². The summed E-state index contributed by atoms with van der Waals surface area (Å²) in [6.45, 7) is 0.117. The summed E-state index contributed by atoms with van der Waals surface area (Å²) in [4.78, 5) is 33.4. The Kier molecular flexibility index (Phi) is 4.53. The number of halogens is 1. The van der Waals surface area contributed by atoms with Gasteiger partial charge in [-0.25, -0.2) is 0 Å². The molecule has 8 nitrogen and oxygen atoms in total. The van der Waals surface area contributed by atoms with E-state index in [9.17, 15) is 19.7 Å². The fourth-order valence-corrected chi connectivity index (χ4v) is 2.61. The summed E-state index contributed by atoms with van der Waals surface area (Å²) in [5.74, 6) is -2.48. The lowest BCUT2D eigenvalue weighted by atomic mass is 10.0. The van der Waals surface area contributed by atoms with E-state index in [-0.39, 0.29) is 28.9 Å². The number of ether oxygens (including phenoxy) is 1. The van der Waals surface area contributed by atoms with Crippen LogP contribution in [0.1, 0.15) is 10.4 Å². The molecule has 2 N–H and O–H groups in total. The van der Waals surface area contributed by atoms with Crippen molar-refractivity contribution in [1.82, 2.24) is 5.32 Å². The van der Waals surface area contributed by atoms with Crippen LogP contribution in [0, 0.1) is 16.0 Å². The lowest BCUT2D eigenvalue weighted by Crippen LogP contribution is -2.42. The molecule has 112 valence electrons. The number of carbonyl (C=O) groups is 2. The van der Waals surface area contributed by atoms with Gasteiger partial charge in [0.05, 0.1) is 29.7 Å². The number of hydrogen-bond donors (Lipinski definition) is 2. The molecule has 0 aromatic heterocycles. The van der Waals surface area contributed by atoms with Gasteiger partial charge in [0, 0.05) is 6.07 Å². The first kappa shape index (κ1) is 15.4. The smallest absolute Gasteiger partial charge is 0.311 e. The van der Waals surface area contributed by atoms with E-state index in [1.54, 1.807) is 0 Å². The molecule has 2 unspecified atom stereocenters. The minimum absolute atomic E-state index is 0.0242. The number of rotatable bonds is 4. The third-order valence-electron chi connectivity index (χ3n) is 3.13. The highest BCUT2D eigenvalue weighted by Crippen LogP contribution is 2.28. The van der Waals surface area contributed by atoms with Crippen molar-refractivity contribution in [2.75, 3.05) is 13.2 Å². The average molecular weight is 359 g/mol. The Hall–Kier alpha value is -2.00. The molecule has 0 aliphatic carbocycles. The van der Waals surface area contributed by atoms with Gasteiger partial charge in [0.1, 0.15) is 10.4 Å². The van der Waals surface area contributed by atoms with Gasteiger partial charge in [0.2, 0.25) is 0 Å². The highest BCUT2D eigenvalue weighted by molar-refractivity contribution is 9.10. The Morgan fingerprint density at radius 2 is 2.14 bits per heavy atom. The van der Waals surface area contributed by atoms with Gasteiger partial charge in [-0.2, -0.15) is 0 Å². The molecule has 21 heavy (non-hydrogen) atoms. The zero-order valence-corrected chi connectivity index (χ0v) is 12.2. The molecule has 0 saturated carbocycles. The summed E-state index contributed by atoms with van der Waals surface area (Å²) >= 11 is 3.03. The molecule has 1 aliphatic heterocycles. The summed E-state index contributed by atoms with van der Waals surface area (Å²) in [6, 6.07) is 3.40. The number of carboxylic acid groups (broad SMARTS) is 1. The zero-order chi connectivity index (χ0) is 15.6. The maximum Gasteiger partial charge on any atom is 0.311 e. The first-order chi connectivity index (χ1) is 9.91. The Labute approximate surface area is 127 Å². The van der Waals surface area contributed by atoms with Crippen LogP contribution in [0.15, 0.2) is 22.7 Å². The molecule has 1 saturated heterocycles. The standard InChI is InChI=1S/C12H11BrN2O6/c13-10-6(2-1-3-9(10)15(19)20)11(16)14-8-5-21-4-7(8)12(17)18/h1-3,7-8H,4-5H2,(H,14,16)(H,17,18). The number of benzene rings is 1. The van der Waals surface area contributed by atoms with Gasteiger partial charge >= 0.3 is 5.97 Å². The molecular formula is C12H11BrN2O6. The molecule has 2 rings (SSSR count). The fraction of sp³-hybridized carbons (Fsp3) is 0.333. The largest absolute Gasteiger partial charge is 0.481 e. The molecule has 1 aliphatic rings. The van der Waals surface area contributed by atoms with Crippen molar-refractivity contribution < 1.29 is 24.4 Å². The van der Waals surface area contributed by atoms with Crippen LogP contribution in [-0.2, 0) is 9.53 Å². The van der Waals surface area contributed by atoms with Gasteiger partial charge in [0.25, 0.3) is 11.6 Å². The van der Waals surface area contributed by atoms with Crippen molar-refractivity contribution in [3.63, 3.8) is 0 Å². The third-order valence-corrected chi connectivity index (χ3v) is 3.97. The predicted molar refractivity (Wildman–Crippen MR) is 74.0 cm³/mol. The van der Waals surface area contributed by atoms with Crippen LogP contribution in [0.3, 0.4) is 0 Å². The first-order valence-electron chi connectivity index (χ1n) is 5.96. The second-order valence-electron chi connectivity index (χ2n) is 4.46. The van der Waals surface area contributed by atoms with E-state index in [0.717, 1.165) is 0 Å². The summed E-state index contributed by atoms with van der Waals surface area (Å²) in [7, 11) is 0. The number of amides is 1. The van der Waals surface area contributed by atoms with Crippen LogP contribution in [0.25, 0.3) is 0 Å². The molecule has 0 spiro atoms. The van der Waals surface area contributed by atoms with Crippen LogP contribution >= 0.6 is 15.9 Å². The number of nitro benzene ring substituents is 1. The van der Waals surface area contributed by atoms with E-state index < -0.39 is 28.8 Å². The van der Waals surface area contributed by atoms with Crippen LogP contribution in [0.5, 0.6) is 0 Å². The number of aliphatic carboxylic acids is 1. The Morgan fingerprint density at radius 3 is 2.76 bits per heavy atom. The van der Waals surface area contributed by atoms with E-state index in [4.69, 9.17) is 9.84 Å². The van der Waals surface area contributed by atoms with Gasteiger partial charge in [-0.1, -0.05) is 6.07 Å². The maximum absolute atomic E-state index is 12.2. The first-order valence-corrected chi connectivity index (χ1v) is 6.75. The monoisotopic (exact) mass is 358 g/mol. The zero-order valence-electron chi connectivity index (χ0n) is 10.6. The highest BCUT2D eigenvalue weighted by atomic mass is 79.9. The molecule has 1 heterocycles. The second kappa shape index (κ2) is 6.19. The number of nitro groups is 1. The molecule has 1 aromatic carbocycles. The Morgan fingerprint density at radius 1 is 1.43 bits per heavy atom. The lowest BCUT2D eigenvalue weighted by Gasteiger charge is -2.16. The number of nitrogens with one attached hydrogen (secondary N) is 1. The van der Waals surface area contributed by atoms with Gasteiger partial charge in [-0.05, 0) is 22.0 Å². The molecule has 1 amide bonds. The van der Waals surface area contributed by atoms with Crippen molar-refractivity contribution in [1.29, 1.82) is 0 Å². The third kappa shape index (κ3) is 3.19. The van der Waals surface area contributed by atoms with Crippen molar-refractivity contribution in [2.24, 2.45) is 5.92 Å². The molecule has 0 radical (unpaired) electrons. The Bertz CT molecular complexity index is 605. The summed E-state index contributed by atoms with van der Waals surface area (Å²) in [6.07, 6.45) is 0. The second-order valence-corrected chi connectivity index (χ2v) is 5.25. The molecule has 2 atom stereocenters. The topological polar surface area (TPSA) is 119 Å². The van der Waals surface area contributed by atoms with Gasteiger partial charge in [0.15, 0.2) is 0 Å². The molecule has 9 heteroatoms. The SMILES string of the molecule is O=C(NC1COCC1C(=O)O)c1cccc([N+](=O)[O-])c1Br. The van der Waals surface area contributed by atoms with E-state index in [2.05, 4.69) is 21.2 Å². The lowest BCUT2D eigenvalue weighted by molar-refractivity contribution is -0.385. The molecular weight excluding hydrogens is 348 g/mol. The van der Waals surface area contributed by atoms with Crippen molar-refractivity contribution in [3.8, 4) is 0 Å². The molecule has 1 fully saturated rings. The summed E-state index contributed by atoms with van der Waals surface area (Å²) in [5, 5.41) is 22.4. The average Bonchev–Trinajstić information content (AvgIpc) is 2.86. The molecule has 0 bridgehead atoms. The van der Waals surface area contributed by atoms with Crippen molar-refractivity contribution >= 4 is 33.5 Å². The number of hydrogen-bond acceptors (Lipinski definition) is 5. The quantitative estimate of drug-likeness (QED) is 0.616. The van der Waals surface area contributed by atoms with E-state index in [1.165, 1.54) is 18.2 Å². The van der Waals surface area contributed by atoms with Crippen molar-refractivity contribution in [3.05, 3.63) is 38.3 Å². The minimum atomic E-state index is -1.06. The van der Waals surface area contributed by atoms with Gasteiger partial charge in [-0.3, -0.25) is 19.7 Å². The van der Waals surface area contributed by atoms with E-state index in [0.29, 0.717) is 0 Å². The van der Waals surface area contributed by atoms with Gasteiger partial charge < -0.3 is 15.2 Å². The maximum atomic E-state index is 12.2. The predicted octanol–water partition coefficient (Wildman–Crippen LogP) is 1.19. The fourth-order valence-electron chi connectivity index (χ4n) is 2.02. The van der Waals surface area contributed by atoms with E-state index >= 15 is 0 Å². The van der Waals surface area contributed by atoms with Crippen LogP contribution in [0.2, 0.25) is 0 Å². The summed E-state index contributed by atoms with van der Waals surface area (Å²) < 4.78 is 5.10.